The summed E-state index contributed by atoms with van der Waals surface area (Å²) in [6.45, 7) is 1.21. The summed E-state index contributed by atoms with van der Waals surface area (Å²) < 4.78 is 19.7. The molecule has 7 rings (SSSR count). The highest BCUT2D eigenvalue weighted by Gasteiger charge is 2.59. The van der Waals surface area contributed by atoms with Gasteiger partial charge in [-0.05, 0) is 74.3 Å². The third-order valence-corrected chi connectivity index (χ3v) is 8.98. The average molecular weight is 438 g/mol. The zero-order valence-corrected chi connectivity index (χ0v) is 18.5. The van der Waals surface area contributed by atoms with E-state index >= 15 is 0 Å². The van der Waals surface area contributed by atoms with Crippen molar-refractivity contribution in [3.63, 3.8) is 0 Å². The predicted molar refractivity (Wildman–Crippen MR) is 120 cm³/mol. The summed E-state index contributed by atoms with van der Waals surface area (Å²) >= 11 is 0. The van der Waals surface area contributed by atoms with Crippen LogP contribution in [0.4, 0.5) is 10.1 Å². The molecule has 0 spiro atoms. The van der Waals surface area contributed by atoms with Gasteiger partial charge < -0.3 is 15.4 Å². The molecule has 4 bridgehead atoms. The van der Waals surface area contributed by atoms with Gasteiger partial charge >= 0.3 is 0 Å². The molecule has 2 N–H and O–H groups in total. The molecule has 1 amide bonds. The van der Waals surface area contributed by atoms with Crippen molar-refractivity contribution in [2.24, 2.45) is 29.1 Å². The Balaban J connectivity index is 1.18. The monoisotopic (exact) mass is 437 g/mol. The molecule has 1 aliphatic heterocycles. The Kier molecular flexibility index (Phi) is 4.81. The lowest BCUT2D eigenvalue weighted by atomic mass is 9.42. The Morgan fingerprint density at radius 1 is 1.09 bits per heavy atom. The van der Waals surface area contributed by atoms with Crippen molar-refractivity contribution >= 4 is 11.6 Å². The molecule has 0 aromatic carbocycles. The molecule has 5 nitrogen and oxygen atoms in total. The van der Waals surface area contributed by atoms with Crippen LogP contribution in [0, 0.1) is 29.1 Å². The van der Waals surface area contributed by atoms with Crippen molar-refractivity contribution in [2.75, 3.05) is 18.8 Å². The van der Waals surface area contributed by atoms with Gasteiger partial charge in [-0.15, -0.1) is 0 Å². The highest BCUT2D eigenvalue weighted by molar-refractivity contribution is 5.78. The van der Waals surface area contributed by atoms with Gasteiger partial charge in [0.15, 0.2) is 0 Å². The standard InChI is InChI=1S/C26H32FN3O2/c27-21-3-1-18(2-4-21)26(19-8-16-7-17(10-19)11-20(26)9-16)12-25(31)30-14-23(15-30)32-24-6-5-22(28)13-29-24/h1,3,5-6,13,16-17,19-20,23H,2,4,7-12,14-15,28H2. The van der Waals surface area contributed by atoms with Crippen LogP contribution in [0.2, 0.25) is 0 Å². The number of hydrogen-bond acceptors (Lipinski definition) is 4. The smallest absolute Gasteiger partial charge is 0.223 e. The molecular weight excluding hydrogens is 405 g/mol. The van der Waals surface area contributed by atoms with Crippen molar-refractivity contribution in [1.29, 1.82) is 0 Å². The zero-order valence-electron chi connectivity index (χ0n) is 18.5. The molecule has 6 aliphatic rings. The van der Waals surface area contributed by atoms with Crippen LogP contribution in [0.3, 0.4) is 0 Å². The molecule has 170 valence electrons. The quantitative estimate of drug-likeness (QED) is 0.728. The van der Waals surface area contributed by atoms with E-state index in [0.717, 1.165) is 18.3 Å². The van der Waals surface area contributed by atoms with E-state index in [0.29, 0.717) is 49.3 Å². The number of anilines is 1. The Morgan fingerprint density at radius 3 is 2.41 bits per heavy atom. The van der Waals surface area contributed by atoms with E-state index < -0.39 is 0 Å². The molecule has 2 heterocycles. The molecule has 0 atom stereocenters. The largest absolute Gasteiger partial charge is 0.471 e. The third-order valence-electron chi connectivity index (χ3n) is 8.98. The molecule has 1 aromatic heterocycles. The van der Waals surface area contributed by atoms with Crippen molar-refractivity contribution in [3.8, 4) is 5.88 Å². The number of likely N-dealkylation sites (tertiary alicyclic amines) is 1. The number of aromatic nitrogens is 1. The van der Waals surface area contributed by atoms with Gasteiger partial charge in [-0.1, -0.05) is 11.6 Å². The molecule has 1 aromatic rings. The molecular formula is C26H32FN3O2. The number of nitrogens with zero attached hydrogens (tertiary/aromatic N) is 2. The molecule has 6 heteroatoms. The van der Waals surface area contributed by atoms with Gasteiger partial charge in [-0.3, -0.25) is 4.79 Å². The maximum atomic E-state index is 13.8. The lowest BCUT2D eigenvalue weighted by molar-refractivity contribution is -0.151. The number of pyridine rings is 1. The SMILES string of the molecule is Nc1ccc(OC2CN(C(=O)CC3(C4=CC=C(F)CC4)C4CC5CC(C4)CC3C5)C2)nc1. The van der Waals surface area contributed by atoms with Crippen LogP contribution in [0.15, 0.2) is 41.9 Å². The number of ether oxygens (including phenoxy) is 1. The Bertz CT molecular complexity index is 936. The first-order valence-electron chi connectivity index (χ1n) is 12.2. The normalized spacial score (nSPS) is 35.8. The lowest BCUT2D eigenvalue weighted by Crippen LogP contribution is -2.60. The second-order valence-electron chi connectivity index (χ2n) is 10.8. The number of allylic oxidation sites excluding steroid dienone is 4. The van der Waals surface area contributed by atoms with E-state index in [-0.39, 0.29) is 23.3 Å². The molecule has 0 unspecified atom stereocenters. The topological polar surface area (TPSA) is 68.5 Å². The number of halogens is 1. The number of nitrogens with two attached hydrogens (primary N) is 1. The van der Waals surface area contributed by atoms with E-state index in [2.05, 4.69) is 4.98 Å². The van der Waals surface area contributed by atoms with Gasteiger partial charge in [-0.25, -0.2) is 9.37 Å². The lowest BCUT2D eigenvalue weighted by Gasteiger charge is -2.62. The third kappa shape index (κ3) is 3.34. The van der Waals surface area contributed by atoms with Gasteiger partial charge in [0.25, 0.3) is 0 Å². The van der Waals surface area contributed by atoms with Crippen LogP contribution in [0.25, 0.3) is 0 Å². The first-order chi connectivity index (χ1) is 15.5. The van der Waals surface area contributed by atoms with Crippen molar-refractivity contribution in [2.45, 2.75) is 57.5 Å². The van der Waals surface area contributed by atoms with Crippen molar-refractivity contribution in [1.82, 2.24) is 9.88 Å². The fourth-order valence-electron chi connectivity index (χ4n) is 7.66. The summed E-state index contributed by atoms with van der Waals surface area (Å²) in [5.41, 5.74) is 7.58. The zero-order chi connectivity index (χ0) is 21.9. The molecule has 5 aliphatic carbocycles. The summed E-state index contributed by atoms with van der Waals surface area (Å²) in [7, 11) is 0. The first-order valence-corrected chi connectivity index (χ1v) is 12.2. The minimum absolute atomic E-state index is 0.0181. The van der Waals surface area contributed by atoms with Crippen LogP contribution in [0.1, 0.15) is 51.4 Å². The van der Waals surface area contributed by atoms with Crippen LogP contribution in [-0.2, 0) is 4.79 Å². The maximum absolute atomic E-state index is 13.8. The fourth-order valence-corrected chi connectivity index (χ4v) is 7.66. The summed E-state index contributed by atoms with van der Waals surface area (Å²) in [5, 5.41) is 0. The maximum Gasteiger partial charge on any atom is 0.223 e. The van der Waals surface area contributed by atoms with Crippen molar-refractivity contribution < 1.29 is 13.9 Å². The van der Waals surface area contributed by atoms with E-state index in [1.807, 2.05) is 11.0 Å². The van der Waals surface area contributed by atoms with Gasteiger partial charge in [-0.2, -0.15) is 0 Å². The van der Waals surface area contributed by atoms with Gasteiger partial charge in [0, 0.05) is 24.3 Å². The summed E-state index contributed by atoms with van der Waals surface area (Å²) in [5.74, 6) is 3.59. The molecule has 4 saturated carbocycles. The van der Waals surface area contributed by atoms with Crippen LogP contribution in [-0.4, -0.2) is 35.0 Å². The van der Waals surface area contributed by atoms with E-state index in [9.17, 15) is 9.18 Å². The fraction of sp³-hybridized carbons (Fsp3) is 0.615. The summed E-state index contributed by atoms with van der Waals surface area (Å²) in [6, 6.07) is 3.54. The highest BCUT2D eigenvalue weighted by Crippen LogP contribution is 2.67. The average Bonchev–Trinajstić information content (AvgIpc) is 2.74. The number of hydrogen-bond donors (Lipinski definition) is 1. The summed E-state index contributed by atoms with van der Waals surface area (Å²) in [4.78, 5) is 19.6. The number of carbonyl (C=O) groups is 1. The molecule has 32 heavy (non-hydrogen) atoms. The predicted octanol–water partition coefficient (Wildman–Crippen LogP) is 4.66. The van der Waals surface area contributed by atoms with Crippen molar-refractivity contribution in [3.05, 3.63) is 41.9 Å². The van der Waals surface area contributed by atoms with E-state index in [4.69, 9.17) is 10.5 Å². The number of nitrogen functional groups attached to an aromatic ring is 1. The van der Waals surface area contributed by atoms with Gasteiger partial charge in [0.2, 0.25) is 11.8 Å². The molecule has 1 saturated heterocycles. The Morgan fingerprint density at radius 2 is 1.81 bits per heavy atom. The molecule has 5 fully saturated rings. The van der Waals surface area contributed by atoms with E-state index in [1.165, 1.54) is 37.7 Å². The number of rotatable bonds is 5. The summed E-state index contributed by atoms with van der Waals surface area (Å²) in [6.07, 6.45) is 13.5. The Hall–Kier alpha value is -2.37. The van der Waals surface area contributed by atoms with Gasteiger partial charge in [0.05, 0.1) is 25.0 Å². The van der Waals surface area contributed by atoms with E-state index in [1.54, 1.807) is 24.4 Å². The minimum Gasteiger partial charge on any atom is -0.471 e. The highest BCUT2D eigenvalue weighted by atomic mass is 19.1. The second-order valence-corrected chi connectivity index (χ2v) is 10.8. The Labute approximate surface area is 188 Å². The van der Waals surface area contributed by atoms with Crippen LogP contribution < -0.4 is 10.5 Å². The number of amides is 1. The number of carbonyl (C=O) groups excluding carboxylic acids is 1. The minimum atomic E-state index is -0.0633. The van der Waals surface area contributed by atoms with Crippen LogP contribution >= 0.6 is 0 Å². The molecule has 0 radical (unpaired) electrons. The first kappa shape index (κ1) is 20.3. The second kappa shape index (κ2) is 7.60. The van der Waals surface area contributed by atoms with Gasteiger partial charge in [0.1, 0.15) is 11.9 Å². The van der Waals surface area contributed by atoms with Crippen LogP contribution in [0.5, 0.6) is 5.88 Å².